The SMILES string of the molecule is CCC(C)C(=O)Nc1nc(-c2ccc(S(=O)(=O)N(CC)CC)cc2)cs1.CCC(CC)C(=O)Nc1nc(-c2ccc(S(=O)(=O)N(CC)CC)cc2)cs1.[HH].[HH]. The summed E-state index contributed by atoms with van der Waals surface area (Å²) in [5.41, 5.74) is 3.05. The van der Waals surface area contributed by atoms with Gasteiger partial charge in [0.05, 0.1) is 21.2 Å². The molecular weight excluding hydrogens is 753 g/mol. The van der Waals surface area contributed by atoms with Crippen molar-refractivity contribution in [2.75, 3.05) is 36.8 Å². The zero-order chi connectivity index (χ0) is 39.3. The molecule has 294 valence electrons. The van der Waals surface area contributed by atoms with Gasteiger partial charge in [0.15, 0.2) is 10.3 Å². The maximum absolute atomic E-state index is 12.6. The van der Waals surface area contributed by atoms with Gasteiger partial charge in [-0.25, -0.2) is 26.8 Å². The lowest BCUT2D eigenvalue weighted by Crippen LogP contribution is -2.30. The second-order valence-electron chi connectivity index (χ2n) is 12.1. The first kappa shape index (κ1) is 43.9. The van der Waals surface area contributed by atoms with Gasteiger partial charge in [0.1, 0.15) is 0 Å². The molecule has 4 aromatic rings. The number of benzene rings is 2. The lowest BCUT2D eigenvalue weighted by molar-refractivity contribution is -0.120. The first-order chi connectivity index (χ1) is 25.2. The Morgan fingerprint density at radius 3 is 1.30 bits per heavy atom. The average molecular weight is 809 g/mol. The largest absolute Gasteiger partial charge is 0.302 e. The number of hydrogen-bond donors (Lipinski definition) is 2. The Kier molecular flexibility index (Phi) is 16.7. The normalized spacial score (nSPS) is 12.4. The Balaban J connectivity index is 0.000000531. The minimum absolute atomic E-state index is 0. The molecule has 0 radical (unpaired) electrons. The molecule has 0 saturated carbocycles. The van der Waals surface area contributed by atoms with Gasteiger partial charge >= 0.3 is 0 Å². The second kappa shape index (κ2) is 20.2. The molecule has 2 heterocycles. The highest BCUT2D eigenvalue weighted by atomic mass is 32.2. The van der Waals surface area contributed by atoms with E-state index in [1.54, 1.807) is 48.5 Å². The molecule has 0 aliphatic rings. The molecule has 2 N–H and O–H groups in total. The van der Waals surface area contributed by atoms with Gasteiger partial charge in [-0.15, -0.1) is 22.7 Å². The standard InChI is InChI=1S/C19H27N3O3S2.C18H25N3O3S2.2H2/c1-5-14(6-2)18(23)21-19-20-17(13-26-19)15-9-11-16(12-10-15)27(24,25)22(7-3)8-4;1-5-13(4)17(22)20-18-19-16(12-25-18)14-8-10-15(11-9-14)26(23,24)21(6-2)7-3;;/h9-14H,5-8H2,1-4H3,(H,20,21,23);8-13H,5-7H2,1-4H3,(H,19,20,22);2*1H. The van der Waals surface area contributed by atoms with Crippen molar-refractivity contribution in [1.29, 1.82) is 0 Å². The third-order valence-electron chi connectivity index (χ3n) is 8.87. The van der Waals surface area contributed by atoms with Crippen LogP contribution in [0.15, 0.2) is 69.1 Å². The van der Waals surface area contributed by atoms with Crippen molar-refractivity contribution in [2.24, 2.45) is 11.8 Å². The van der Waals surface area contributed by atoms with E-state index < -0.39 is 20.0 Å². The van der Waals surface area contributed by atoms with Crippen molar-refractivity contribution in [2.45, 2.75) is 84.4 Å². The van der Waals surface area contributed by atoms with Crippen LogP contribution in [0.2, 0.25) is 0 Å². The Morgan fingerprint density at radius 2 is 0.981 bits per heavy atom. The molecule has 53 heavy (non-hydrogen) atoms. The van der Waals surface area contributed by atoms with Gasteiger partial charge in [0.25, 0.3) is 0 Å². The van der Waals surface area contributed by atoms with Gasteiger partial charge in [-0.05, 0) is 43.5 Å². The van der Waals surface area contributed by atoms with Crippen LogP contribution in [0.25, 0.3) is 22.5 Å². The fraction of sp³-hybridized carbons (Fsp3) is 0.459. The number of sulfonamides is 2. The van der Waals surface area contributed by atoms with E-state index in [4.69, 9.17) is 0 Å². The van der Waals surface area contributed by atoms with Gasteiger partial charge in [-0.2, -0.15) is 8.61 Å². The quantitative estimate of drug-likeness (QED) is 0.107. The molecule has 1 atom stereocenters. The van der Waals surface area contributed by atoms with Gasteiger partial charge in [0.2, 0.25) is 31.9 Å². The molecule has 16 heteroatoms. The molecule has 2 aromatic heterocycles. The van der Waals surface area contributed by atoms with E-state index in [2.05, 4.69) is 20.6 Å². The number of amides is 2. The van der Waals surface area contributed by atoms with Crippen molar-refractivity contribution < 1.29 is 29.3 Å². The zero-order valence-electron chi connectivity index (χ0n) is 31.7. The van der Waals surface area contributed by atoms with Crippen molar-refractivity contribution in [1.82, 2.24) is 18.6 Å². The summed E-state index contributed by atoms with van der Waals surface area (Å²) in [7, 11) is -6.93. The Bertz CT molecular complexity index is 2000. The van der Waals surface area contributed by atoms with E-state index in [9.17, 15) is 26.4 Å². The van der Waals surface area contributed by atoms with Crippen LogP contribution in [0.5, 0.6) is 0 Å². The van der Waals surface area contributed by atoms with Gasteiger partial charge in [0, 0.05) is 62.8 Å². The highest BCUT2D eigenvalue weighted by molar-refractivity contribution is 7.89. The summed E-state index contributed by atoms with van der Waals surface area (Å²) >= 11 is 2.72. The molecular formula is C37H56N6O6S4. The molecule has 2 amide bonds. The smallest absolute Gasteiger partial charge is 0.243 e. The first-order valence-corrected chi connectivity index (χ1v) is 22.6. The number of aromatic nitrogens is 2. The zero-order valence-corrected chi connectivity index (χ0v) is 35.0. The predicted octanol–water partition coefficient (Wildman–Crippen LogP) is 8.53. The molecule has 0 aliphatic carbocycles. The molecule has 0 aliphatic heterocycles. The highest BCUT2D eigenvalue weighted by Gasteiger charge is 2.23. The highest BCUT2D eigenvalue weighted by Crippen LogP contribution is 2.29. The molecule has 0 saturated heterocycles. The minimum atomic E-state index is -3.47. The number of thiazole rings is 2. The number of rotatable bonds is 17. The first-order valence-electron chi connectivity index (χ1n) is 17.9. The number of hydrogen-bond acceptors (Lipinski definition) is 10. The molecule has 0 spiro atoms. The summed E-state index contributed by atoms with van der Waals surface area (Å²) in [5, 5.41) is 10.5. The van der Waals surface area contributed by atoms with Crippen molar-refractivity contribution >= 4 is 64.8 Å². The maximum atomic E-state index is 12.6. The van der Waals surface area contributed by atoms with Crippen LogP contribution in [0.1, 0.15) is 77.5 Å². The third kappa shape index (κ3) is 11.2. The summed E-state index contributed by atoms with van der Waals surface area (Å²) in [4.78, 5) is 33.6. The van der Waals surface area contributed by atoms with Gasteiger partial charge in [-0.3, -0.25) is 9.59 Å². The van der Waals surface area contributed by atoms with E-state index in [0.29, 0.717) is 47.8 Å². The van der Waals surface area contributed by atoms with Crippen LogP contribution in [-0.4, -0.2) is 73.4 Å². The maximum Gasteiger partial charge on any atom is 0.243 e. The van der Waals surface area contributed by atoms with E-state index in [1.807, 2.05) is 66.2 Å². The number of carbonyl (C=O) groups excluding carboxylic acids is 2. The predicted molar refractivity (Wildman–Crippen MR) is 220 cm³/mol. The number of nitrogens with zero attached hydrogens (tertiary/aromatic N) is 4. The summed E-state index contributed by atoms with van der Waals surface area (Å²) in [6.07, 6.45) is 2.36. The molecule has 4 rings (SSSR count). The Labute approximate surface area is 326 Å². The summed E-state index contributed by atoms with van der Waals surface area (Å²) < 4.78 is 53.0. The lowest BCUT2D eigenvalue weighted by Gasteiger charge is -2.18. The summed E-state index contributed by atoms with van der Waals surface area (Å²) in [5.74, 6) is -0.135. The average Bonchev–Trinajstić information content (AvgIpc) is 3.83. The van der Waals surface area contributed by atoms with Crippen molar-refractivity contribution in [3.63, 3.8) is 0 Å². The minimum Gasteiger partial charge on any atom is -0.302 e. The second-order valence-corrected chi connectivity index (χ2v) is 17.7. The van der Waals surface area contributed by atoms with Crippen molar-refractivity contribution in [3.05, 3.63) is 59.3 Å². The molecule has 0 fully saturated rings. The lowest BCUT2D eigenvalue weighted by atomic mass is 10.0. The monoisotopic (exact) mass is 808 g/mol. The molecule has 12 nitrogen and oxygen atoms in total. The summed E-state index contributed by atoms with van der Waals surface area (Å²) in [6, 6.07) is 13.4. The van der Waals surface area contributed by atoms with Gasteiger partial charge < -0.3 is 10.6 Å². The third-order valence-corrected chi connectivity index (χ3v) is 14.5. The fourth-order valence-electron chi connectivity index (χ4n) is 5.23. The van der Waals surface area contributed by atoms with Crippen LogP contribution in [0, 0.1) is 11.8 Å². The van der Waals surface area contributed by atoms with Crippen LogP contribution in [0.3, 0.4) is 0 Å². The van der Waals surface area contributed by atoms with Crippen LogP contribution >= 0.6 is 22.7 Å². The van der Waals surface area contributed by atoms with Crippen LogP contribution < -0.4 is 10.6 Å². The Hall–Kier alpha value is -3.54. The number of nitrogens with one attached hydrogen (secondary N) is 2. The molecule has 0 bridgehead atoms. The van der Waals surface area contributed by atoms with E-state index >= 15 is 0 Å². The Morgan fingerprint density at radius 1 is 0.623 bits per heavy atom. The number of anilines is 2. The summed E-state index contributed by atoms with van der Waals surface area (Å²) in [6.45, 7) is 16.9. The number of carbonyl (C=O) groups is 2. The van der Waals surface area contributed by atoms with Crippen LogP contribution in [-0.2, 0) is 29.6 Å². The van der Waals surface area contributed by atoms with E-state index in [-0.39, 0.29) is 36.3 Å². The van der Waals surface area contributed by atoms with Gasteiger partial charge in [-0.1, -0.05) is 79.7 Å². The molecule has 1 unspecified atom stereocenters. The van der Waals surface area contributed by atoms with E-state index in [0.717, 1.165) is 30.4 Å². The topological polar surface area (TPSA) is 159 Å². The van der Waals surface area contributed by atoms with Crippen molar-refractivity contribution in [3.8, 4) is 22.5 Å². The van der Waals surface area contributed by atoms with E-state index in [1.165, 1.54) is 31.3 Å². The fourth-order valence-corrected chi connectivity index (χ4v) is 9.59. The van der Waals surface area contributed by atoms with Crippen LogP contribution in [0.4, 0.5) is 10.3 Å². The molecule has 2 aromatic carbocycles.